The van der Waals surface area contributed by atoms with Gasteiger partial charge in [0.2, 0.25) is 0 Å². The molecule has 2 heterocycles. The molecule has 0 aliphatic rings. The first-order valence-electron chi connectivity index (χ1n) is 13.8. The molecule has 0 aliphatic heterocycles. The number of aromatic amines is 2. The molecule has 0 saturated carbocycles. The number of aromatic nitrogens is 2. The number of fused-ring (bicyclic) bond motifs is 2. The summed E-state index contributed by atoms with van der Waals surface area (Å²) < 4.78 is 109. The average molecular weight is 643 g/mol. The van der Waals surface area contributed by atoms with Crippen molar-refractivity contribution in [2.45, 2.75) is 31.2 Å². The zero-order valence-electron chi connectivity index (χ0n) is 23.3. The number of alkyl halides is 6. The Morgan fingerprint density at radius 1 is 0.600 bits per heavy atom. The second-order valence-electron chi connectivity index (χ2n) is 10.5. The number of hydrogen-bond acceptors (Lipinski definition) is 3. The molecule has 5 nitrogen and oxygen atoms in total. The van der Waals surface area contributed by atoms with Crippen LogP contribution >= 0.6 is 7.60 Å². The summed E-state index contributed by atoms with van der Waals surface area (Å²) >= 11 is 0. The maximum atomic E-state index is 15.2. The lowest BCUT2D eigenvalue weighted by Crippen LogP contribution is -2.09. The number of H-pyrrole nitrogens is 2. The van der Waals surface area contributed by atoms with E-state index in [0.717, 1.165) is 24.3 Å². The molecule has 0 spiro atoms. The van der Waals surface area contributed by atoms with Gasteiger partial charge in [-0.3, -0.25) is 4.57 Å². The molecule has 0 radical (unpaired) electrons. The second-order valence-corrected chi connectivity index (χ2v) is 12.6. The highest BCUT2D eigenvalue weighted by molar-refractivity contribution is 7.54. The van der Waals surface area contributed by atoms with E-state index >= 15 is 4.57 Å². The summed E-state index contributed by atoms with van der Waals surface area (Å²) in [7, 11) is -4.32. The molecule has 0 amide bonds. The SMILES string of the molecule is O=P(OCc1ccccc1)(OCc1ccccc1)C(c1c[nH]c2cc(C(F)(F)F)ccc12)c1c[nH]c2cc(C(F)(F)F)ccc12. The van der Waals surface area contributed by atoms with Crippen molar-refractivity contribution in [2.24, 2.45) is 0 Å². The fourth-order valence-electron chi connectivity index (χ4n) is 5.27. The predicted molar refractivity (Wildman–Crippen MR) is 159 cm³/mol. The molecule has 0 fully saturated rings. The zero-order chi connectivity index (χ0) is 31.8. The number of hydrogen-bond donors (Lipinski definition) is 2. The van der Waals surface area contributed by atoms with E-state index in [1.807, 2.05) is 0 Å². The summed E-state index contributed by atoms with van der Waals surface area (Å²) in [6.45, 7) is -0.269. The lowest BCUT2D eigenvalue weighted by molar-refractivity contribution is -0.138. The highest BCUT2D eigenvalue weighted by atomic mass is 31.2. The van der Waals surface area contributed by atoms with Crippen LogP contribution in [0.4, 0.5) is 26.3 Å². The Hall–Kier alpha value is -4.31. The minimum atomic E-state index is -4.60. The van der Waals surface area contributed by atoms with Crippen molar-refractivity contribution < 1.29 is 40.0 Å². The van der Waals surface area contributed by atoms with Crippen molar-refractivity contribution in [3.05, 3.63) is 143 Å². The Bertz CT molecular complexity index is 1850. The summed E-state index contributed by atoms with van der Waals surface area (Å²) in [5.74, 6) is 0. The predicted octanol–water partition coefficient (Wildman–Crippen LogP) is 10.4. The van der Waals surface area contributed by atoms with Crippen molar-refractivity contribution >= 4 is 29.4 Å². The first-order valence-corrected chi connectivity index (χ1v) is 15.4. The summed E-state index contributed by atoms with van der Waals surface area (Å²) in [6.07, 6.45) is -6.33. The first-order chi connectivity index (χ1) is 21.4. The Labute approximate surface area is 253 Å². The van der Waals surface area contributed by atoms with E-state index < -0.39 is 36.7 Å². The van der Waals surface area contributed by atoms with Gasteiger partial charge in [0.15, 0.2) is 0 Å². The number of rotatable bonds is 9. The molecule has 6 aromatic rings. The molecule has 0 unspecified atom stereocenters. The van der Waals surface area contributed by atoms with E-state index in [1.54, 1.807) is 60.7 Å². The zero-order valence-corrected chi connectivity index (χ0v) is 24.2. The van der Waals surface area contributed by atoms with Crippen LogP contribution in [0.3, 0.4) is 0 Å². The third-order valence-corrected chi connectivity index (χ3v) is 9.66. The van der Waals surface area contributed by atoms with Gasteiger partial charge in [-0.15, -0.1) is 0 Å². The lowest BCUT2D eigenvalue weighted by Gasteiger charge is -2.27. The van der Waals surface area contributed by atoms with Gasteiger partial charge in [-0.1, -0.05) is 72.8 Å². The molecule has 6 rings (SSSR count). The monoisotopic (exact) mass is 642 g/mol. The van der Waals surface area contributed by atoms with E-state index in [9.17, 15) is 26.3 Å². The molecule has 0 atom stereocenters. The van der Waals surface area contributed by atoms with Gasteiger partial charge >= 0.3 is 19.9 Å². The molecule has 0 saturated heterocycles. The highest BCUT2D eigenvalue weighted by Gasteiger charge is 2.42. The van der Waals surface area contributed by atoms with Gasteiger partial charge in [0, 0.05) is 34.2 Å². The average Bonchev–Trinajstić information content (AvgIpc) is 3.63. The normalized spacial score (nSPS) is 12.9. The quantitative estimate of drug-likeness (QED) is 0.122. The van der Waals surface area contributed by atoms with Crippen LogP contribution in [0.15, 0.2) is 109 Å². The van der Waals surface area contributed by atoms with Crippen molar-refractivity contribution in [3.63, 3.8) is 0 Å². The molecule has 232 valence electrons. The summed E-state index contributed by atoms with van der Waals surface area (Å²) in [6, 6.07) is 24.1. The number of halogens is 6. The van der Waals surface area contributed by atoms with E-state index in [4.69, 9.17) is 9.05 Å². The van der Waals surface area contributed by atoms with Gasteiger partial charge in [0.25, 0.3) is 0 Å². The van der Waals surface area contributed by atoms with Crippen molar-refractivity contribution in [2.75, 3.05) is 0 Å². The van der Waals surface area contributed by atoms with E-state index in [1.165, 1.54) is 24.5 Å². The summed E-state index contributed by atoms with van der Waals surface area (Å²) in [5, 5.41) is 0.641. The van der Waals surface area contributed by atoms with E-state index in [0.29, 0.717) is 33.0 Å². The standard InChI is InChI=1S/C33H25F6N2O3P/c34-32(35,36)23-11-13-25-27(17-40-29(25)15-23)31(28-18-41-30-16-24(33(37,38)39)12-14-26(28)30)45(42,43-19-21-7-3-1-4-8-21)44-20-22-9-5-2-6-10-22/h1-18,31,40-41H,19-20H2. The largest absolute Gasteiger partial charge is 0.416 e. The van der Waals surface area contributed by atoms with Crippen LogP contribution < -0.4 is 0 Å². The van der Waals surface area contributed by atoms with Crippen LogP contribution in [0.25, 0.3) is 21.8 Å². The van der Waals surface area contributed by atoms with Gasteiger partial charge in [-0.25, -0.2) is 0 Å². The molecular formula is C33H25F6N2O3P. The maximum absolute atomic E-state index is 15.2. The molecule has 0 bridgehead atoms. The maximum Gasteiger partial charge on any atom is 0.416 e. The molecule has 0 aliphatic carbocycles. The third-order valence-electron chi connectivity index (χ3n) is 7.50. The molecule has 2 N–H and O–H groups in total. The van der Waals surface area contributed by atoms with Gasteiger partial charge in [-0.2, -0.15) is 26.3 Å². The van der Waals surface area contributed by atoms with Crippen LogP contribution in [0.5, 0.6) is 0 Å². The molecule has 4 aromatic carbocycles. The Morgan fingerprint density at radius 2 is 1.00 bits per heavy atom. The van der Waals surface area contributed by atoms with E-state index in [2.05, 4.69) is 9.97 Å². The van der Waals surface area contributed by atoms with Gasteiger partial charge < -0.3 is 19.0 Å². The van der Waals surface area contributed by atoms with Crippen molar-refractivity contribution in [3.8, 4) is 0 Å². The van der Waals surface area contributed by atoms with Gasteiger partial charge in [-0.05, 0) is 46.5 Å². The van der Waals surface area contributed by atoms with Crippen LogP contribution in [-0.2, 0) is 39.2 Å². The van der Waals surface area contributed by atoms with Crippen molar-refractivity contribution in [1.29, 1.82) is 0 Å². The van der Waals surface area contributed by atoms with Gasteiger partial charge in [0.1, 0.15) is 5.66 Å². The molecule has 12 heteroatoms. The van der Waals surface area contributed by atoms with E-state index in [-0.39, 0.29) is 24.2 Å². The van der Waals surface area contributed by atoms with Crippen LogP contribution in [-0.4, -0.2) is 9.97 Å². The fourth-order valence-corrected chi connectivity index (χ4v) is 7.41. The molecule has 45 heavy (non-hydrogen) atoms. The summed E-state index contributed by atoms with van der Waals surface area (Å²) in [5.41, 5.74) is -0.798. The third kappa shape index (κ3) is 6.42. The minimum absolute atomic E-state index is 0.127. The van der Waals surface area contributed by atoms with Crippen LogP contribution in [0.1, 0.15) is 39.0 Å². The second kappa shape index (κ2) is 11.9. The summed E-state index contributed by atoms with van der Waals surface area (Å²) in [4.78, 5) is 5.70. The highest BCUT2D eigenvalue weighted by Crippen LogP contribution is 2.66. The Balaban J connectivity index is 1.53. The lowest BCUT2D eigenvalue weighted by atomic mass is 10.0. The van der Waals surface area contributed by atoms with Crippen LogP contribution in [0, 0.1) is 0 Å². The molecule has 2 aromatic heterocycles. The Kier molecular flexibility index (Phi) is 8.11. The Morgan fingerprint density at radius 3 is 1.38 bits per heavy atom. The van der Waals surface area contributed by atoms with Gasteiger partial charge in [0.05, 0.1) is 24.3 Å². The minimum Gasteiger partial charge on any atom is -0.361 e. The van der Waals surface area contributed by atoms with Crippen molar-refractivity contribution in [1.82, 2.24) is 9.97 Å². The number of nitrogens with one attached hydrogen (secondary N) is 2. The topological polar surface area (TPSA) is 67.1 Å². The fraction of sp³-hybridized carbons (Fsp3) is 0.152. The smallest absolute Gasteiger partial charge is 0.361 e. The first kappa shape index (κ1) is 30.7. The number of benzene rings is 4. The van der Waals surface area contributed by atoms with Crippen LogP contribution in [0.2, 0.25) is 0 Å². The molecular weight excluding hydrogens is 617 g/mol.